The van der Waals surface area contributed by atoms with E-state index in [4.69, 9.17) is 9.47 Å². The van der Waals surface area contributed by atoms with Crippen LogP contribution in [0.25, 0.3) is 0 Å². The molecule has 0 bridgehead atoms. The second-order valence-electron chi connectivity index (χ2n) is 7.16. The molecular formula is C23H32N2O3. The van der Waals surface area contributed by atoms with Crippen LogP contribution < -0.4 is 10.1 Å². The van der Waals surface area contributed by atoms with Gasteiger partial charge < -0.3 is 19.7 Å². The van der Waals surface area contributed by atoms with Gasteiger partial charge in [-0.3, -0.25) is 0 Å². The molecule has 2 rings (SSSR count). The minimum Gasteiger partial charge on any atom is -0.493 e. The first-order chi connectivity index (χ1) is 13.6. The number of ether oxygens (including phenoxy) is 2. The first-order valence-corrected chi connectivity index (χ1v) is 9.92. The molecule has 2 aromatic carbocycles. The quantitative estimate of drug-likeness (QED) is 0.579. The van der Waals surface area contributed by atoms with Crippen molar-refractivity contribution in [1.82, 2.24) is 10.2 Å². The van der Waals surface area contributed by atoms with E-state index in [1.807, 2.05) is 74.8 Å². The van der Waals surface area contributed by atoms with E-state index in [1.54, 1.807) is 0 Å². The van der Waals surface area contributed by atoms with Crippen molar-refractivity contribution in [3.05, 3.63) is 66.2 Å². The van der Waals surface area contributed by atoms with Gasteiger partial charge in [-0.05, 0) is 38.2 Å². The fourth-order valence-electron chi connectivity index (χ4n) is 3.03. The summed E-state index contributed by atoms with van der Waals surface area (Å²) in [5.74, 6) is 0.792. The summed E-state index contributed by atoms with van der Waals surface area (Å²) in [4.78, 5) is 14.5. The summed E-state index contributed by atoms with van der Waals surface area (Å²) < 4.78 is 11.9. The topological polar surface area (TPSA) is 50.8 Å². The highest BCUT2D eigenvalue weighted by atomic mass is 16.6. The largest absolute Gasteiger partial charge is 0.493 e. The Morgan fingerprint density at radius 3 is 2.29 bits per heavy atom. The Hall–Kier alpha value is -2.53. The Kier molecular flexibility index (Phi) is 9.35. The fourth-order valence-corrected chi connectivity index (χ4v) is 3.03. The third kappa shape index (κ3) is 7.61. The van der Waals surface area contributed by atoms with Crippen LogP contribution in [0.2, 0.25) is 0 Å². The van der Waals surface area contributed by atoms with Crippen LogP contribution in [-0.2, 0) is 4.74 Å². The molecule has 0 saturated carbocycles. The lowest BCUT2D eigenvalue weighted by Crippen LogP contribution is -2.36. The summed E-state index contributed by atoms with van der Waals surface area (Å²) in [6.45, 7) is 3.89. The molecule has 0 aliphatic heterocycles. The Morgan fingerprint density at radius 2 is 1.68 bits per heavy atom. The molecule has 0 aliphatic rings. The Morgan fingerprint density at radius 1 is 1.04 bits per heavy atom. The molecule has 5 nitrogen and oxygen atoms in total. The fraction of sp³-hybridized carbons (Fsp3) is 0.435. The molecule has 28 heavy (non-hydrogen) atoms. The van der Waals surface area contributed by atoms with E-state index in [0.29, 0.717) is 13.2 Å². The van der Waals surface area contributed by atoms with E-state index in [0.717, 1.165) is 30.7 Å². The van der Waals surface area contributed by atoms with Gasteiger partial charge in [-0.1, -0.05) is 61.9 Å². The normalized spacial score (nSPS) is 13.0. The molecule has 2 atom stereocenters. The number of nitrogens with one attached hydrogen (secondary N) is 1. The number of amides is 1. The van der Waals surface area contributed by atoms with Crippen molar-refractivity contribution >= 4 is 6.09 Å². The summed E-state index contributed by atoms with van der Waals surface area (Å²) in [6.07, 6.45) is 1.18. The molecule has 0 aromatic heterocycles. The molecule has 1 N–H and O–H groups in total. The predicted molar refractivity (Wildman–Crippen MR) is 113 cm³/mol. The first kappa shape index (κ1) is 21.8. The lowest BCUT2D eigenvalue weighted by molar-refractivity contribution is 0.0321. The molecule has 2 aromatic rings. The molecule has 152 valence electrons. The van der Waals surface area contributed by atoms with E-state index in [2.05, 4.69) is 17.1 Å². The van der Waals surface area contributed by atoms with Gasteiger partial charge in [0.2, 0.25) is 0 Å². The highest BCUT2D eigenvalue weighted by Gasteiger charge is 2.28. The van der Waals surface area contributed by atoms with Gasteiger partial charge in [0.15, 0.2) is 0 Å². The van der Waals surface area contributed by atoms with Crippen molar-refractivity contribution in [3.8, 4) is 5.75 Å². The lowest BCUT2D eigenvalue weighted by Gasteiger charge is -2.29. The van der Waals surface area contributed by atoms with Crippen LogP contribution in [0.3, 0.4) is 0 Å². The average molecular weight is 385 g/mol. The number of unbranched alkanes of at least 4 members (excludes halogenated alkanes) is 1. The highest BCUT2D eigenvalue weighted by molar-refractivity contribution is 5.67. The van der Waals surface area contributed by atoms with Crippen molar-refractivity contribution in [2.75, 3.05) is 33.8 Å². The van der Waals surface area contributed by atoms with Crippen molar-refractivity contribution in [2.24, 2.45) is 5.92 Å². The van der Waals surface area contributed by atoms with Crippen LogP contribution in [0.5, 0.6) is 5.75 Å². The van der Waals surface area contributed by atoms with Crippen LogP contribution in [0.1, 0.15) is 31.4 Å². The third-order valence-electron chi connectivity index (χ3n) is 4.40. The van der Waals surface area contributed by atoms with Crippen molar-refractivity contribution in [3.63, 3.8) is 0 Å². The zero-order chi connectivity index (χ0) is 20.2. The van der Waals surface area contributed by atoms with Gasteiger partial charge in [-0.15, -0.1) is 0 Å². The van der Waals surface area contributed by atoms with Gasteiger partial charge >= 0.3 is 6.09 Å². The summed E-state index contributed by atoms with van der Waals surface area (Å²) in [5.41, 5.74) is 0.969. The van der Waals surface area contributed by atoms with Crippen LogP contribution in [0.4, 0.5) is 4.79 Å². The molecule has 0 radical (unpaired) electrons. The second kappa shape index (κ2) is 12.0. The molecule has 0 saturated heterocycles. The molecule has 5 heteroatoms. The standard InChI is InChI=1S/C23H32N2O3/c1-4-5-16-24-23(26)28-22(19-12-8-6-9-13-19)20(17-25(2)3)18-27-21-14-10-7-11-15-21/h6-15,20,22H,4-5,16-18H2,1-3H3,(H,24,26). The van der Waals surface area contributed by atoms with Gasteiger partial charge in [-0.25, -0.2) is 4.79 Å². The molecule has 0 heterocycles. The Bertz CT molecular complexity index is 677. The van der Waals surface area contributed by atoms with Gasteiger partial charge in [0.05, 0.1) is 6.61 Å². The summed E-state index contributed by atoms with van der Waals surface area (Å²) >= 11 is 0. The van der Waals surface area contributed by atoms with E-state index in [9.17, 15) is 4.79 Å². The van der Waals surface area contributed by atoms with E-state index >= 15 is 0 Å². The van der Waals surface area contributed by atoms with Crippen molar-refractivity contribution in [2.45, 2.75) is 25.9 Å². The number of rotatable bonds is 11. The number of para-hydroxylation sites is 1. The molecular weight excluding hydrogens is 352 g/mol. The maximum atomic E-state index is 12.4. The molecule has 0 spiro atoms. The number of benzene rings is 2. The zero-order valence-electron chi connectivity index (χ0n) is 17.1. The van der Waals surface area contributed by atoms with Gasteiger partial charge in [0.25, 0.3) is 0 Å². The SMILES string of the molecule is CCCCNC(=O)OC(c1ccccc1)C(COc1ccccc1)CN(C)C. The van der Waals surface area contributed by atoms with Gasteiger partial charge in [0.1, 0.15) is 11.9 Å². The molecule has 1 amide bonds. The van der Waals surface area contributed by atoms with Crippen LogP contribution in [-0.4, -0.2) is 44.8 Å². The Balaban J connectivity index is 2.15. The summed E-state index contributed by atoms with van der Waals surface area (Å²) in [5, 5.41) is 2.85. The lowest BCUT2D eigenvalue weighted by atomic mass is 9.95. The Labute approximate surface area is 168 Å². The van der Waals surface area contributed by atoms with E-state index in [-0.39, 0.29) is 12.0 Å². The molecule has 2 unspecified atom stereocenters. The molecule has 0 aliphatic carbocycles. The van der Waals surface area contributed by atoms with Crippen molar-refractivity contribution < 1.29 is 14.3 Å². The van der Waals surface area contributed by atoms with Crippen LogP contribution in [0, 0.1) is 5.92 Å². The minimum absolute atomic E-state index is 0.0190. The predicted octanol–water partition coefficient (Wildman–Crippen LogP) is 4.51. The summed E-state index contributed by atoms with van der Waals surface area (Å²) in [6, 6.07) is 19.6. The summed E-state index contributed by atoms with van der Waals surface area (Å²) in [7, 11) is 4.03. The van der Waals surface area contributed by atoms with Crippen LogP contribution in [0.15, 0.2) is 60.7 Å². The number of alkyl carbamates (subject to hydrolysis) is 1. The van der Waals surface area contributed by atoms with E-state index in [1.165, 1.54) is 0 Å². The smallest absolute Gasteiger partial charge is 0.407 e. The number of hydrogen-bond donors (Lipinski definition) is 1. The monoisotopic (exact) mass is 384 g/mol. The maximum absolute atomic E-state index is 12.4. The van der Waals surface area contributed by atoms with Crippen LogP contribution >= 0.6 is 0 Å². The number of nitrogens with zero attached hydrogens (tertiary/aromatic N) is 1. The number of hydrogen-bond acceptors (Lipinski definition) is 4. The average Bonchev–Trinajstić information content (AvgIpc) is 2.71. The van der Waals surface area contributed by atoms with E-state index < -0.39 is 6.10 Å². The maximum Gasteiger partial charge on any atom is 0.407 e. The number of carbonyl (C=O) groups excluding carboxylic acids is 1. The number of carbonyl (C=O) groups is 1. The molecule has 0 fully saturated rings. The highest BCUT2D eigenvalue weighted by Crippen LogP contribution is 2.28. The third-order valence-corrected chi connectivity index (χ3v) is 4.40. The first-order valence-electron chi connectivity index (χ1n) is 9.92. The van der Waals surface area contributed by atoms with Crippen molar-refractivity contribution in [1.29, 1.82) is 0 Å². The van der Waals surface area contributed by atoms with Gasteiger partial charge in [0, 0.05) is 19.0 Å². The second-order valence-corrected chi connectivity index (χ2v) is 7.16. The van der Waals surface area contributed by atoms with Gasteiger partial charge in [-0.2, -0.15) is 0 Å². The zero-order valence-corrected chi connectivity index (χ0v) is 17.1. The minimum atomic E-state index is -0.395.